The Morgan fingerprint density at radius 2 is 1.65 bits per heavy atom. The molecule has 0 spiro atoms. The van der Waals surface area contributed by atoms with Gasteiger partial charge in [0.05, 0.1) is 26.9 Å². The molecule has 5 heteroatoms. The first-order valence-corrected chi connectivity index (χ1v) is 5.37. The van der Waals surface area contributed by atoms with Crippen molar-refractivity contribution in [1.82, 2.24) is 5.32 Å². The number of methoxy groups -OCH3 is 2. The lowest BCUT2D eigenvalue weighted by Crippen LogP contribution is -2.34. The van der Waals surface area contributed by atoms with Crippen molar-refractivity contribution >= 4 is 0 Å². The standard InChI is InChI=1S/C12H19NO4/c1-13-9(7-14)8-17-12-5-10(15-2)4-11(6-12)16-3/h4-6,9,13-14H,7-8H2,1-3H3. The highest BCUT2D eigenvalue weighted by Crippen LogP contribution is 2.27. The van der Waals surface area contributed by atoms with E-state index in [1.54, 1.807) is 39.5 Å². The van der Waals surface area contributed by atoms with Gasteiger partial charge in [0, 0.05) is 18.2 Å². The predicted octanol–water partition coefficient (Wildman–Crippen LogP) is 0.663. The largest absolute Gasteiger partial charge is 0.496 e. The fourth-order valence-electron chi connectivity index (χ4n) is 1.29. The molecule has 0 bridgehead atoms. The Morgan fingerprint density at radius 3 is 2.06 bits per heavy atom. The van der Waals surface area contributed by atoms with Crippen molar-refractivity contribution in [1.29, 1.82) is 0 Å². The Balaban J connectivity index is 2.69. The monoisotopic (exact) mass is 241 g/mol. The molecule has 96 valence electrons. The van der Waals surface area contributed by atoms with Gasteiger partial charge in [-0.2, -0.15) is 0 Å². The molecule has 2 N–H and O–H groups in total. The Kier molecular flexibility index (Phi) is 5.59. The zero-order valence-electron chi connectivity index (χ0n) is 10.4. The Hall–Kier alpha value is -1.46. The molecule has 0 aliphatic rings. The number of ether oxygens (including phenoxy) is 3. The lowest BCUT2D eigenvalue weighted by molar-refractivity contribution is 0.188. The molecule has 0 radical (unpaired) electrons. The molecule has 1 aromatic rings. The van der Waals surface area contributed by atoms with Crippen LogP contribution in [-0.2, 0) is 0 Å². The summed E-state index contributed by atoms with van der Waals surface area (Å²) in [5.74, 6) is 1.99. The number of aliphatic hydroxyl groups excluding tert-OH is 1. The van der Waals surface area contributed by atoms with E-state index in [1.807, 2.05) is 0 Å². The Morgan fingerprint density at radius 1 is 1.12 bits per heavy atom. The van der Waals surface area contributed by atoms with Gasteiger partial charge in [0.2, 0.25) is 0 Å². The lowest BCUT2D eigenvalue weighted by Gasteiger charge is -2.15. The van der Waals surface area contributed by atoms with Crippen LogP contribution in [0.2, 0.25) is 0 Å². The molecule has 0 heterocycles. The number of aliphatic hydroxyl groups is 1. The molecule has 17 heavy (non-hydrogen) atoms. The molecule has 1 aromatic carbocycles. The summed E-state index contributed by atoms with van der Waals surface area (Å²) in [5.41, 5.74) is 0. The minimum Gasteiger partial charge on any atom is -0.496 e. The van der Waals surface area contributed by atoms with E-state index in [-0.39, 0.29) is 12.6 Å². The van der Waals surface area contributed by atoms with Crippen LogP contribution >= 0.6 is 0 Å². The Labute approximate surface area is 101 Å². The molecule has 0 aliphatic heterocycles. The first kappa shape index (κ1) is 13.6. The highest BCUT2D eigenvalue weighted by molar-refractivity contribution is 5.41. The molecular weight excluding hydrogens is 222 g/mol. The average Bonchev–Trinajstić information content (AvgIpc) is 2.39. The minimum atomic E-state index is -0.0906. The van der Waals surface area contributed by atoms with Crippen LogP contribution in [0, 0.1) is 0 Å². The smallest absolute Gasteiger partial charge is 0.126 e. The third-order valence-corrected chi connectivity index (χ3v) is 2.40. The summed E-state index contributed by atoms with van der Waals surface area (Å²) in [4.78, 5) is 0. The molecule has 1 rings (SSSR count). The number of hydrogen-bond acceptors (Lipinski definition) is 5. The van der Waals surface area contributed by atoms with E-state index in [4.69, 9.17) is 19.3 Å². The maximum Gasteiger partial charge on any atom is 0.126 e. The molecular formula is C12H19NO4. The van der Waals surface area contributed by atoms with Crippen molar-refractivity contribution in [3.63, 3.8) is 0 Å². The summed E-state index contributed by atoms with van der Waals surface area (Å²) >= 11 is 0. The zero-order valence-corrected chi connectivity index (χ0v) is 10.4. The van der Waals surface area contributed by atoms with Crippen molar-refractivity contribution in [3.8, 4) is 17.2 Å². The van der Waals surface area contributed by atoms with E-state index in [0.29, 0.717) is 23.9 Å². The number of likely N-dealkylation sites (N-methyl/N-ethyl adjacent to an activating group) is 1. The number of benzene rings is 1. The normalized spacial score (nSPS) is 12.0. The van der Waals surface area contributed by atoms with E-state index in [2.05, 4.69) is 5.32 Å². The first-order valence-electron chi connectivity index (χ1n) is 5.37. The van der Waals surface area contributed by atoms with Gasteiger partial charge in [-0.15, -0.1) is 0 Å². The molecule has 5 nitrogen and oxygen atoms in total. The first-order chi connectivity index (χ1) is 8.23. The van der Waals surface area contributed by atoms with Crippen LogP contribution in [-0.4, -0.2) is 45.6 Å². The maximum atomic E-state index is 9.01. The highest BCUT2D eigenvalue weighted by atomic mass is 16.5. The van der Waals surface area contributed by atoms with Gasteiger partial charge in [0.15, 0.2) is 0 Å². The van der Waals surface area contributed by atoms with Crippen molar-refractivity contribution in [3.05, 3.63) is 18.2 Å². The molecule has 1 unspecified atom stereocenters. The molecule has 0 aliphatic carbocycles. The van der Waals surface area contributed by atoms with Crippen LogP contribution in [0.25, 0.3) is 0 Å². The molecule has 0 saturated carbocycles. The van der Waals surface area contributed by atoms with E-state index in [9.17, 15) is 0 Å². The number of nitrogens with one attached hydrogen (secondary N) is 1. The van der Waals surface area contributed by atoms with Crippen molar-refractivity contribution < 1.29 is 19.3 Å². The maximum absolute atomic E-state index is 9.01. The van der Waals surface area contributed by atoms with Crippen LogP contribution in [0.5, 0.6) is 17.2 Å². The van der Waals surface area contributed by atoms with Gasteiger partial charge in [-0.3, -0.25) is 0 Å². The summed E-state index contributed by atoms with van der Waals surface area (Å²) in [7, 11) is 4.95. The summed E-state index contributed by atoms with van der Waals surface area (Å²) in [6.45, 7) is 0.404. The van der Waals surface area contributed by atoms with Crippen LogP contribution in [0.4, 0.5) is 0 Å². The molecule has 0 amide bonds. The molecule has 0 fully saturated rings. The van der Waals surface area contributed by atoms with Crippen LogP contribution in [0.3, 0.4) is 0 Å². The van der Waals surface area contributed by atoms with Gasteiger partial charge >= 0.3 is 0 Å². The van der Waals surface area contributed by atoms with Gasteiger partial charge in [-0.25, -0.2) is 0 Å². The summed E-state index contributed by atoms with van der Waals surface area (Å²) in [6.07, 6.45) is 0. The van der Waals surface area contributed by atoms with Crippen LogP contribution in [0.15, 0.2) is 18.2 Å². The van der Waals surface area contributed by atoms with Crippen LogP contribution in [0.1, 0.15) is 0 Å². The minimum absolute atomic E-state index is 0.0254. The SMILES string of the molecule is CNC(CO)COc1cc(OC)cc(OC)c1. The van der Waals surface area contributed by atoms with E-state index in [0.717, 1.165) is 0 Å². The second kappa shape index (κ2) is 6.98. The van der Waals surface area contributed by atoms with Gasteiger partial charge < -0.3 is 24.6 Å². The zero-order chi connectivity index (χ0) is 12.7. The van der Waals surface area contributed by atoms with Gasteiger partial charge in [0.25, 0.3) is 0 Å². The number of hydrogen-bond donors (Lipinski definition) is 2. The van der Waals surface area contributed by atoms with Gasteiger partial charge in [-0.05, 0) is 7.05 Å². The van der Waals surface area contributed by atoms with E-state index >= 15 is 0 Å². The van der Waals surface area contributed by atoms with Crippen molar-refractivity contribution in [2.45, 2.75) is 6.04 Å². The fraction of sp³-hybridized carbons (Fsp3) is 0.500. The number of rotatable bonds is 7. The second-order valence-electron chi connectivity index (χ2n) is 3.53. The van der Waals surface area contributed by atoms with Crippen LogP contribution < -0.4 is 19.5 Å². The predicted molar refractivity (Wildman–Crippen MR) is 65.0 cm³/mol. The van der Waals surface area contributed by atoms with Gasteiger partial charge in [0.1, 0.15) is 23.9 Å². The summed E-state index contributed by atoms with van der Waals surface area (Å²) < 4.78 is 15.8. The summed E-state index contributed by atoms with van der Waals surface area (Å²) in [5, 5.41) is 12.0. The fourth-order valence-corrected chi connectivity index (χ4v) is 1.29. The van der Waals surface area contributed by atoms with Gasteiger partial charge in [-0.1, -0.05) is 0 Å². The quantitative estimate of drug-likeness (QED) is 0.734. The third kappa shape index (κ3) is 4.13. The molecule has 1 atom stereocenters. The topological polar surface area (TPSA) is 60.0 Å². The van der Waals surface area contributed by atoms with Crippen molar-refractivity contribution in [2.24, 2.45) is 0 Å². The third-order valence-electron chi connectivity index (χ3n) is 2.40. The van der Waals surface area contributed by atoms with E-state index < -0.39 is 0 Å². The van der Waals surface area contributed by atoms with E-state index in [1.165, 1.54) is 0 Å². The molecule has 0 aromatic heterocycles. The second-order valence-corrected chi connectivity index (χ2v) is 3.53. The molecule has 0 saturated heterocycles. The summed E-state index contributed by atoms with van der Waals surface area (Å²) in [6, 6.07) is 5.22. The lowest BCUT2D eigenvalue weighted by atomic mass is 10.3. The van der Waals surface area contributed by atoms with Crippen molar-refractivity contribution in [2.75, 3.05) is 34.5 Å². The highest BCUT2D eigenvalue weighted by Gasteiger charge is 2.07. The Bertz CT molecular complexity index is 317. The average molecular weight is 241 g/mol.